The number of rotatable bonds is 8. The number of benzene rings is 3. The Balaban J connectivity index is 1.52. The second kappa shape index (κ2) is 12.2. The molecule has 37 heavy (non-hydrogen) atoms. The van der Waals surface area contributed by atoms with Crippen LogP contribution in [0.1, 0.15) is 28.4 Å². The fourth-order valence-corrected chi connectivity index (χ4v) is 4.59. The van der Waals surface area contributed by atoms with E-state index < -0.39 is 5.97 Å². The molecule has 1 amide bonds. The Kier molecular flexibility index (Phi) is 8.76. The molecule has 0 unspecified atom stereocenters. The first-order chi connectivity index (χ1) is 17.9. The molecule has 7 nitrogen and oxygen atoms in total. The SMILES string of the molecule is CCOc1cc(/C=C2\SC(=Nc3ccc(C(=O)OC)cc3)NC2=O)cc(Cl)c1OCc1ccc(Cl)cc1. The number of carbonyl (C=O) groups excluding carboxylic acids is 2. The van der Waals surface area contributed by atoms with Gasteiger partial charge in [-0.1, -0.05) is 35.3 Å². The Bertz CT molecular complexity index is 1370. The molecule has 1 heterocycles. The van der Waals surface area contributed by atoms with Crippen LogP contribution in [0.25, 0.3) is 6.08 Å². The number of hydrogen-bond donors (Lipinski definition) is 1. The van der Waals surface area contributed by atoms with Crippen LogP contribution in [-0.2, 0) is 16.1 Å². The number of esters is 1. The summed E-state index contributed by atoms with van der Waals surface area (Å²) in [5.41, 5.74) is 2.60. The van der Waals surface area contributed by atoms with Crippen LogP contribution in [0.2, 0.25) is 10.0 Å². The fraction of sp³-hybridized carbons (Fsp3) is 0.148. The van der Waals surface area contributed by atoms with Gasteiger partial charge >= 0.3 is 5.97 Å². The van der Waals surface area contributed by atoms with Gasteiger partial charge < -0.3 is 19.5 Å². The van der Waals surface area contributed by atoms with Gasteiger partial charge in [0, 0.05) is 5.02 Å². The summed E-state index contributed by atoms with van der Waals surface area (Å²) in [6.07, 6.45) is 1.71. The van der Waals surface area contributed by atoms with E-state index in [2.05, 4.69) is 10.3 Å². The zero-order valence-corrected chi connectivity index (χ0v) is 22.2. The predicted molar refractivity (Wildman–Crippen MR) is 147 cm³/mol. The van der Waals surface area contributed by atoms with Gasteiger partial charge in [0.2, 0.25) is 0 Å². The Hall–Kier alpha value is -3.46. The molecule has 0 bridgehead atoms. The van der Waals surface area contributed by atoms with Crippen LogP contribution in [0.3, 0.4) is 0 Å². The largest absolute Gasteiger partial charge is 0.490 e. The third-order valence-electron chi connectivity index (χ3n) is 5.10. The van der Waals surface area contributed by atoms with E-state index in [-0.39, 0.29) is 12.5 Å². The lowest BCUT2D eigenvalue weighted by Crippen LogP contribution is -2.19. The summed E-state index contributed by atoms with van der Waals surface area (Å²) in [5, 5.41) is 4.17. The van der Waals surface area contributed by atoms with Crippen molar-refractivity contribution in [3.8, 4) is 11.5 Å². The second-order valence-corrected chi connectivity index (χ2v) is 9.57. The summed E-state index contributed by atoms with van der Waals surface area (Å²) in [5.74, 6) is 0.173. The summed E-state index contributed by atoms with van der Waals surface area (Å²) in [6, 6.07) is 17.4. The zero-order chi connectivity index (χ0) is 26.4. The number of hydrogen-bond acceptors (Lipinski definition) is 7. The maximum atomic E-state index is 12.6. The van der Waals surface area contributed by atoms with Gasteiger partial charge in [-0.2, -0.15) is 0 Å². The number of halogens is 2. The lowest BCUT2D eigenvalue weighted by Gasteiger charge is -2.15. The Morgan fingerprint density at radius 1 is 1.05 bits per heavy atom. The molecule has 1 fully saturated rings. The minimum absolute atomic E-state index is 0.285. The van der Waals surface area contributed by atoms with Crippen molar-refractivity contribution in [2.24, 2.45) is 4.99 Å². The number of aliphatic imine (C=N–C) groups is 1. The van der Waals surface area contributed by atoms with Crippen molar-refractivity contribution in [1.82, 2.24) is 5.32 Å². The van der Waals surface area contributed by atoms with Gasteiger partial charge in [0.15, 0.2) is 16.7 Å². The average Bonchev–Trinajstić information content (AvgIpc) is 3.22. The van der Waals surface area contributed by atoms with E-state index in [1.165, 1.54) is 18.9 Å². The molecule has 1 saturated heterocycles. The molecule has 1 aliphatic heterocycles. The molecular formula is C27H22Cl2N2O5S. The number of thioether (sulfide) groups is 1. The Labute approximate surface area is 228 Å². The van der Waals surface area contributed by atoms with Crippen LogP contribution in [0.5, 0.6) is 11.5 Å². The summed E-state index contributed by atoms with van der Waals surface area (Å²) in [4.78, 5) is 29.0. The van der Waals surface area contributed by atoms with Crippen LogP contribution < -0.4 is 14.8 Å². The Morgan fingerprint density at radius 3 is 2.46 bits per heavy atom. The number of amidine groups is 1. The van der Waals surface area contributed by atoms with Crippen molar-refractivity contribution < 1.29 is 23.8 Å². The Morgan fingerprint density at radius 2 is 1.78 bits per heavy atom. The minimum atomic E-state index is -0.431. The molecule has 0 aromatic heterocycles. The molecule has 0 spiro atoms. The molecule has 3 aromatic rings. The molecule has 10 heteroatoms. The topological polar surface area (TPSA) is 86.2 Å². The second-order valence-electron chi connectivity index (χ2n) is 7.70. The third-order valence-corrected chi connectivity index (χ3v) is 6.54. The number of nitrogens with zero attached hydrogens (tertiary/aromatic N) is 1. The van der Waals surface area contributed by atoms with Crippen LogP contribution in [0.15, 0.2) is 70.6 Å². The van der Waals surface area contributed by atoms with Gasteiger partial charge in [-0.15, -0.1) is 0 Å². The first-order valence-corrected chi connectivity index (χ1v) is 12.7. The highest BCUT2D eigenvalue weighted by atomic mass is 35.5. The highest BCUT2D eigenvalue weighted by Gasteiger charge is 2.24. The molecule has 4 rings (SSSR count). The average molecular weight is 557 g/mol. The lowest BCUT2D eigenvalue weighted by atomic mass is 10.1. The van der Waals surface area contributed by atoms with Gasteiger partial charge in [-0.25, -0.2) is 9.79 Å². The summed E-state index contributed by atoms with van der Waals surface area (Å²) in [6.45, 7) is 2.56. The van der Waals surface area contributed by atoms with E-state index in [9.17, 15) is 9.59 Å². The number of ether oxygens (including phenoxy) is 3. The molecule has 1 aliphatic rings. The van der Waals surface area contributed by atoms with Gasteiger partial charge in [0.25, 0.3) is 5.91 Å². The van der Waals surface area contributed by atoms with Crippen molar-refractivity contribution in [1.29, 1.82) is 0 Å². The molecule has 3 aromatic carbocycles. The maximum Gasteiger partial charge on any atom is 0.337 e. The molecule has 0 aliphatic carbocycles. The van der Waals surface area contributed by atoms with E-state index in [1.807, 2.05) is 19.1 Å². The first-order valence-electron chi connectivity index (χ1n) is 11.2. The standard InChI is InChI=1S/C27H22Cl2N2O5S/c1-3-35-22-13-17(12-21(29)24(22)36-15-16-4-8-19(28)9-5-16)14-23-25(32)31-27(37-23)30-20-10-6-18(7-11-20)26(33)34-2/h4-14H,3,15H2,1-2H3,(H,30,31,32)/b23-14-. The van der Waals surface area contributed by atoms with E-state index >= 15 is 0 Å². The zero-order valence-electron chi connectivity index (χ0n) is 19.9. The number of amides is 1. The summed E-state index contributed by atoms with van der Waals surface area (Å²) < 4.78 is 16.4. The van der Waals surface area contributed by atoms with Crippen LogP contribution in [-0.4, -0.2) is 30.8 Å². The number of nitrogens with one attached hydrogen (secondary N) is 1. The predicted octanol–water partition coefficient (Wildman–Crippen LogP) is 6.65. The van der Waals surface area contributed by atoms with Gasteiger partial charge in [0.05, 0.1) is 34.9 Å². The molecule has 0 atom stereocenters. The van der Waals surface area contributed by atoms with Crippen molar-refractivity contribution in [3.63, 3.8) is 0 Å². The number of carbonyl (C=O) groups is 2. The lowest BCUT2D eigenvalue weighted by molar-refractivity contribution is -0.115. The van der Waals surface area contributed by atoms with Crippen molar-refractivity contribution in [2.75, 3.05) is 13.7 Å². The van der Waals surface area contributed by atoms with Gasteiger partial charge in [0.1, 0.15) is 6.61 Å². The monoisotopic (exact) mass is 556 g/mol. The maximum absolute atomic E-state index is 12.6. The first kappa shape index (κ1) is 26.6. The van der Waals surface area contributed by atoms with E-state index in [0.717, 1.165) is 5.56 Å². The van der Waals surface area contributed by atoms with E-state index in [4.69, 9.17) is 37.4 Å². The third kappa shape index (κ3) is 6.85. The van der Waals surface area contributed by atoms with E-state index in [0.29, 0.717) is 55.0 Å². The van der Waals surface area contributed by atoms with Crippen LogP contribution >= 0.6 is 35.0 Å². The normalized spacial score (nSPS) is 15.1. The van der Waals surface area contributed by atoms with Crippen LogP contribution in [0.4, 0.5) is 5.69 Å². The molecule has 1 N–H and O–H groups in total. The van der Waals surface area contributed by atoms with Gasteiger partial charge in [-0.3, -0.25) is 4.79 Å². The highest BCUT2D eigenvalue weighted by Crippen LogP contribution is 2.39. The van der Waals surface area contributed by atoms with Crippen molar-refractivity contribution >= 4 is 63.8 Å². The highest BCUT2D eigenvalue weighted by molar-refractivity contribution is 8.18. The summed E-state index contributed by atoms with van der Waals surface area (Å²) in [7, 11) is 1.32. The minimum Gasteiger partial charge on any atom is -0.490 e. The molecule has 0 radical (unpaired) electrons. The van der Waals surface area contributed by atoms with Crippen molar-refractivity contribution in [3.05, 3.63) is 92.3 Å². The van der Waals surface area contributed by atoms with Gasteiger partial charge in [-0.05, 0) is 84.4 Å². The number of methoxy groups -OCH3 is 1. The van der Waals surface area contributed by atoms with Crippen LogP contribution in [0, 0.1) is 0 Å². The quantitative estimate of drug-likeness (QED) is 0.247. The van der Waals surface area contributed by atoms with E-state index in [1.54, 1.807) is 54.6 Å². The molecular weight excluding hydrogens is 535 g/mol. The smallest absolute Gasteiger partial charge is 0.337 e. The molecule has 190 valence electrons. The molecule has 0 saturated carbocycles. The summed E-state index contributed by atoms with van der Waals surface area (Å²) >= 11 is 13.7. The van der Waals surface area contributed by atoms with Crippen molar-refractivity contribution in [2.45, 2.75) is 13.5 Å². The fourth-order valence-electron chi connectivity index (χ4n) is 3.35.